The number of nitrogens with one attached hydrogen (secondary N) is 1. The Labute approximate surface area is 129 Å². The van der Waals surface area contributed by atoms with Crippen molar-refractivity contribution in [3.63, 3.8) is 0 Å². The van der Waals surface area contributed by atoms with Gasteiger partial charge in [0.25, 0.3) is 5.91 Å². The van der Waals surface area contributed by atoms with Gasteiger partial charge in [-0.05, 0) is 28.1 Å². The number of benzene rings is 1. The van der Waals surface area contributed by atoms with Crippen LogP contribution in [-0.2, 0) is 0 Å². The molecule has 1 aromatic carbocycles. The van der Waals surface area contributed by atoms with Gasteiger partial charge in [0.1, 0.15) is 13.2 Å². The Morgan fingerprint density at radius 3 is 2.71 bits per heavy atom. The summed E-state index contributed by atoms with van der Waals surface area (Å²) in [5.74, 6) is 0.850. The maximum Gasteiger partial charge on any atom is 0.276 e. The van der Waals surface area contributed by atoms with Crippen molar-refractivity contribution in [2.24, 2.45) is 0 Å². The Bertz CT molecular complexity index is 706. The van der Waals surface area contributed by atoms with Gasteiger partial charge in [0.15, 0.2) is 17.2 Å². The molecule has 1 amide bonds. The van der Waals surface area contributed by atoms with E-state index in [9.17, 15) is 4.79 Å². The third-order valence-corrected chi connectivity index (χ3v) is 3.59. The van der Waals surface area contributed by atoms with Crippen LogP contribution in [0.5, 0.6) is 11.5 Å². The highest BCUT2D eigenvalue weighted by atomic mass is 79.9. The highest BCUT2D eigenvalue weighted by molar-refractivity contribution is 9.10. The Morgan fingerprint density at radius 2 is 2.00 bits per heavy atom. The predicted octanol–water partition coefficient (Wildman–Crippen LogP) is 2.45. The van der Waals surface area contributed by atoms with E-state index in [-0.39, 0.29) is 11.6 Å². The van der Waals surface area contributed by atoms with Crippen LogP contribution in [0, 0.1) is 0 Å². The number of nitrogen functional groups attached to an aromatic ring is 1. The molecule has 2 aromatic rings. The molecular formula is C14H12BrN3O3. The third-order valence-electron chi connectivity index (χ3n) is 2.93. The second-order valence-electron chi connectivity index (χ2n) is 4.37. The van der Waals surface area contributed by atoms with Crippen molar-refractivity contribution >= 4 is 33.2 Å². The Hall–Kier alpha value is -2.28. The number of amides is 1. The number of hydrogen-bond acceptors (Lipinski definition) is 5. The lowest BCUT2D eigenvalue weighted by molar-refractivity contribution is 0.102. The summed E-state index contributed by atoms with van der Waals surface area (Å²) < 4.78 is 11.7. The van der Waals surface area contributed by atoms with Crippen molar-refractivity contribution in [2.45, 2.75) is 0 Å². The van der Waals surface area contributed by atoms with Crippen LogP contribution in [0.2, 0.25) is 0 Å². The second-order valence-corrected chi connectivity index (χ2v) is 5.23. The van der Waals surface area contributed by atoms with Crippen LogP contribution < -0.4 is 20.5 Å². The molecule has 0 saturated heterocycles. The molecule has 0 radical (unpaired) electrons. The number of aromatic nitrogens is 1. The molecule has 0 spiro atoms. The largest absolute Gasteiger partial charge is 0.486 e. The summed E-state index contributed by atoms with van der Waals surface area (Å²) in [6, 6.07) is 6.76. The molecule has 1 aliphatic heterocycles. The van der Waals surface area contributed by atoms with Crippen molar-refractivity contribution in [3.05, 3.63) is 40.6 Å². The number of nitrogens with two attached hydrogens (primary N) is 1. The molecule has 0 atom stereocenters. The van der Waals surface area contributed by atoms with Gasteiger partial charge in [0.2, 0.25) is 0 Å². The van der Waals surface area contributed by atoms with E-state index >= 15 is 0 Å². The lowest BCUT2D eigenvalue weighted by Gasteiger charge is -2.20. The van der Waals surface area contributed by atoms with Gasteiger partial charge in [0.05, 0.1) is 11.4 Å². The monoisotopic (exact) mass is 349 g/mol. The number of carbonyl (C=O) groups is 1. The fourth-order valence-electron chi connectivity index (χ4n) is 1.95. The van der Waals surface area contributed by atoms with Gasteiger partial charge in [0, 0.05) is 22.8 Å². The number of carbonyl (C=O) groups excluding carboxylic acids is 1. The lowest BCUT2D eigenvalue weighted by atomic mass is 10.2. The summed E-state index contributed by atoms with van der Waals surface area (Å²) >= 11 is 3.39. The molecule has 0 unspecified atom stereocenters. The zero-order valence-corrected chi connectivity index (χ0v) is 12.5. The fourth-order valence-corrected chi connectivity index (χ4v) is 2.37. The molecule has 6 nitrogen and oxygen atoms in total. The van der Waals surface area contributed by atoms with Crippen molar-refractivity contribution in [1.29, 1.82) is 0 Å². The Balaban J connectivity index is 1.88. The maximum atomic E-state index is 12.2. The zero-order chi connectivity index (χ0) is 14.8. The SMILES string of the molecule is Nc1cccnc1C(=O)Nc1cc2c(cc1Br)OCCO2. The van der Waals surface area contributed by atoms with Crippen LogP contribution in [0.4, 0.5) is 11.4 Å². The third kappa shape index (κ3) is 2.78. The van der Waals surface area contributed by atoms with Crippen LogP contribution in [0.15, 0.2) is 34.9 Å². The van der Waals surface area contributed by atoms with Crippen LogP contribution >= 0.6 is 15.9 Å². The summed E-state index contributed by atoms with van der Waals surface area (Å²) in [4.78, 5) is 16.2. The summed E-state index contributed by atoms with van der Waals surface area (Å²) in [5, 5.41) is 2.75. The highest BCUT2D eigenvalue weighted by Gasteiger charge is 2.18. The quantitative estimate of drug-likeness (QED) is 0.869. The number of anilines is 2. The lowest BCUT2D eigenvalue weighted by Crippen LogP contribution is -2.18. The van der Waals surface area contributed by atoms with Crippen molar-refractivity contribution < 1.29 is 14.3 Å². The second kappa shape index (κ2) is 5.61. The van der Waals surface area contributed by atoms with Crippen LogP contribution in [0.25, 0.3) is 0 Å². The average molecular weight is 350 g/mol. The molecule has 1 aliphatic rings. The van der Waals surface area contributed by atoms with E-state index in [1.807, 2.05) is 0 Å². The smallest absolute Gasteiger partial charge is 0.276 e. The zero-order valence-electron chi connectivity index (χ0n) is 10.9. The number of halogens is 1. The summed E-state index contributed by atoms with van der Waals surface area (Å²) in [6.45, 7) is 0.991. The van der Waals surface area contributed by atoms with Crippen LogP contribution in [-0.4, -0.2) is 24.1 Å². The van der Waals surface area contributed by atoms with Gasteiger partial charge in [-0.15, -0.1) is 0 Å². The van der Waals surface area contributed by atoms with Gasteiger partial charge in [-0.25, -0.2) is 4.98 Å². The topological polar surface area (TPSA) is 86.5 Å². The molecule has 3 rings (SSSR count). The van der Waals surface area contributed by atoms with E-state index in [2.05, 4.69) is 26.2 Å². The van der Waals surface area contributed by atoms with Gasteiger partial charge in [-0.3, -0.25) is 4.79 Å². The van der Waals surface area contributed by atoms with Crippen LogP contribution in [0.3, 0.4) is 0 Å². The number of hydrogen-bond donors (Lipinski definition) is 2. The van der Waals surface area contributed by atoms with E-state index in [1.165, 1.54) is 6.20 Å². The normalized spacial score (nSPS) is 12.8. The summed E-state index contributed by atoms with van der Waals surface area (Å²) in [7, 11) is 0. The number of pyridine rings is 1. The average Bonchev–Trinajstić information content (AvgIpc) is 2.48. The molecule has 0 fully saturated rings. The van der Waals surface area contributed by atoms with E-state index in [4.69, 9.17) is 15.2 Å². The molecule has 2 heterocycles. The first kappa shape index (κ1) is 13.7. The van der Waals surface area contributed by atoms with Gasteiger partial charge in [-0.1, -0.05) is 0 Å². The minimum absolute atomic E-state index is 0.180. The van der Waals surface area contributed by atoms with Gasteiger partial charge in [-0.2, -0.15) is 0 Å². The number of rotatable bonds is 2. The Kier molecular flexibility index (Phi) is 3.66. The highest BCUT2D eigenvalue weighted by Crippen LogP contribution is 2.38. The first-order valence-corrected chi connectivity index (χ1v) is 7.05. The molecule has 7 heteroatoms. The minimum Gasteiger partial charge on any atom is -0.486 e. The van der Waals surface area contributed by atoms with E-state index in [1.54, 1.807) is 24.3 Å². The van der Waals surface area contributed by atoms with Gasteiger partial charge >= 0.3 is 0 Å². The standard InChI is InChI=1S/C14H12BrN3O3/c15-8-6-11-12(21-5-4-20-11)7-10(8)18-14(19)13-9(16)2-1-3-17-13/h1-3,6-7H,4-5,16H2,(H,18,19). The number of fused-ring (bicyclic) bond motifs is 1. The molecule has 0 bridgehead atoms. The summed E-state index contributed by atoms with van der Waals surface area (Å²) in [5.41, 5.74) is 6.81. The summed E-state index contributed by atoms with van der Waals surface area (Å²) in [6.07, 6.45) is 1.52. The Morgan fingerprint density at radius 1 is 1.29 bits per heavy atom. The van der Waals surface area contributed by atoms with Crippen molar-refractivity contribution in [2.75, 3.05) is 24.3 Å². The minimum atomic E-state index is -0.384. The van der Waals surface area contributed by atoms with E-state index in [0.29, 0.717) is 40.6 Å². The van der Waals surface area contributed by atoms with E-state index in [0.717, 1.165) is 0 Å². The first-order valence-electron chi connectivity index (χ1n) is 6.26. The molecule has 21 heavy (non-hydrogen) atoms. The van der Waals surface area contributed by atoms with E-state index < -0.39 is 0 Å². The molecule has 0 aliphatic carbocycles. The van der Waals surface area contributed by atoms with Crippen LogP contribution in [0.1, 0.15) is 10.5 Å². The molecule has 1 aromatic heterocycles. The fraction of sp³-hybridized carbons (Fsp3) is 0.143. The van der Waals surface area contributed by atoms with Crippen molar-refractivity contribution in [3.8, 4) is 11.5 Å². The molecular weight excluding hydrogens is 338 g/mol. The molecule has 0 saturated carbocycles. The first-order chi connectivity index (χ1) is 10.1. The number of ether oxygens (including phenoxy) is 2. The van der Waals surface area contributed by atoms with Gasteiger partial charge < -0.3 is 20.5 Å². The predicted molar refractivity (Wildman–Crippen MR) is 81.7 cm³/mol. The molecule has 108 valence electrons. The van der Waals surface area contributed by atoms with Crippen molar-refractivity contribution in [1.82, 2.24) is 4.98 Å². The molecule has 3 N–H and O–H groups in total. The maximum absolute atomic E-state index is 12.2. The number of nitrogens with zero attached hydrogens (tertiary/aromatic N) is 1.